The summed E-state index contributed by atoms with van der Waals surface area (Å²) in [5, 5.41) is 3.95. The minimum atomic E-state index is -2.62. The molecule has 1 saturated carbocycles. The first kappa shape index (κ1) is 13.0. The highest BCUT2D eigenvalue weighted by Crippen LogP contribution is 2.38. The molecular weight excluding hydrogens is 242 g/mol. The Kier molecular flexibility index (Phi) is 3.36. The van der Waals surface area contributed by atoms with E-state index >= 15 is 0 Å². The van der Waals surface area contributed by atoms with Crippen molar-refractivity contribution in [3.8, 4) is 5.75 Å². The fourth-order valence-electron chi connectivity index (χ4n) is 2.34. The zero-order valence-corrected chi connectivity index (χ0v) is 10.4. The number of nitrogens with zero attached hydrogens (tertiary/aromatic N) is 2. The van der Waals surface area contributed by atoms with Gasteiger partial charge in [-0.25, -0.2) is 8.78 Å². The van der Waals surface area contributed by atoms with Crippen LogP contribution in [0.1, 0.15) is 36.2 Å². The maximum absolute atomic E-state index is 13.1. The number of aryl methyl sites for hydroxylation is 1. The number of halogens is 2. The molecule has 18 heavy (non-hydrogen) atoms. The molecule has 0 amide bonds. The van der Waals surface area contributed by atoms with Crippen LogP contribution in [0.4, 0.5) is 8.78 Å². The molecule has 2 rings (SSSR count). The summed E-state index contributed by atoms with van der Waals surface area (Å²) < 4.78 is 32.6. The number of rotatable bonds is 3. The molecule has 1 heterocycles. The number of hydrogen-bond donors (Lipinski definition) is 0. The lowest BCUT2D eigenvalue weighted by molar-refractivity contribution is -0.0425. The van der Waals surface area contributed by atoms with Crippen LogP contribution >= 0.6 is 0 Å². The quantitative estimate of drug-likeness (QED) is 0.782. The molecule has 1 fully saturated rings. The van der Waals surface area contributed by atoms with Crippen molar-refractivity contribution in [1.29, 1.82) is 0 Å². The Labute approximate surface area is 104 Å². The van der Waals surface area contributed by atoms with Gasteiger partial charge in [0.25, 0.3) is 0 Å². The van der Waals surface area contributed by atoms with Crippen molar-refractivity contribution in [3.05, 3.63) is 11.9 Å². The van der Waals surface area contributed by atoms with E-state index in [1.54, 1.807) is 7.05 Å². The molecule has 0 atom stereocenters. The van der Waals surface area contributed by atoms with Gasteiger partial charge in [-0.05, 0) is 12.8 Å². The van der Waals surface area contributed by atoms with Crippen molar-refractivity contribution in [1.82, 2.24) is 9.78 Å². The summed E-state index contributed by atoms with van der Waals surface area (Å²) in [5.41, 5.74) is 0.368. The van der Waals surface area contributed by atoms with E-state index in [1.807, 2.05) is 0 Å². The van der Waals surface area contributed by atoms with Gasteiger partial charge in [0.1, 0.15) is 5.69 Å². The van der Waals surface area contributed by atoms with Crippen molar-refractivity contribution in [3.63, 3.8) is 0 Å². The summed E-state index contributed by atoms with van der Waals surface area (Å²) in [7, 11) is 3.11. The number of Topliss-reactive ketones (excluding diaryl/α,β-unsaturated/α-hetero) is 1. The van der Waals surface area contributed by atoms with Gasteiger partial charge in [-0.3, -0.25) is 9.48 Å². The Morgan fingerprint density at radius 2 is 2.11 bits per heavy atom. The third-order valence-corrected chi connectivity index (χ3v) is 3.45. The van der Waals surface area contributed by atoms with Crippen LogP contribution in [0, 0.1) is 5.92 Å². The molecule has 1 aliphatic carbocycles. The van der Waals surface area contributed by atoms with Crippen LogP contribution in [-0.4, -0.2) is 28.6 Å². The topological polar surface area (TPSA) is 44.1 Å². The van der Waals surface area contributed by atoms with Crippen LogP contribution in [0.2, 0.25) is 0 Å². The number of alkyl halides is 2. The number of hydrogen-bond acceptors (Lipinski definition) is 3. The van der Waals surface area contributed by atoms with Gasteiger partial charge in [0.15, 0.2) is 11.5 Å². The lowest BCUT2D eigenvalue weighted by Gasteiger charge is -2.27. The molecule has 1 aromatic heterocycles. The molecule has 0 aromatic carbocycles. The van der Waals surface area contributed by atoms with E-state index in [2.05, 4.69) is 5.10 Å². The van der Waals surface area contributed by atoms with Gasteiger partial charge in [0.05, 0.1) is 13.3 Å². The minimum Gasteiger partial charge on any atom is -0.493 e. The first-order chi connectivity index (χ1) is 8.44. The van der Waals surface area contributed by atoms with Crippen molar-refractivity contribution in [2.24, 2.45) is 13.0 Å². The van der Waals surface area contributed by atoms with Gasteiger partial charge in [0, 0.05) is 25.8 Å². The normalized spacial score (nSPS) is 19.8. The molecule has 6 heteroatoms. The standard InChI is InChI=1S/C12H16F2N2O2/c1-16-10(9(18-2)7-15-16)11(17)8-3-5-12(13,14)6-4-8/h7-8H,3-6H2,1-2H3. The smallest absolute Gasteiger partial charge is 0.248 e. The number of methoxy groups -OCH3 is 1. The molecule has 0 saturated heterocycles. The van der Waals surface area contributed by atoms with Crippen LogP contribution < -0.4 is 4.74 Å². The van der Waals surface area contributed by atoms with Crippen molar-refractivity contribution >= 4 is 5.78 Å². The van der Waals surface area contributed by atoms with Gasteiger partial charge in [-0.2, -0.15) is 5.10 Å². The highest BCUT2D eigenvalue weighted by molar-refractivity contribution is 5.98. The molecular formula is C12H16F2N2O2. The monoisotopic (exact) mass is 258 g/mol. The average Bonchev–Trinajstić information content (AvgIpc) is 2.69. The minimum absolute atomic E-state index is 0.151. The van der Waals surface area contributed by atoms with Gasteiger partial charge >= 0.3 is 0 Å². The van der Waals surface area contributed by atoms with Crippen LogP contribution in [0.25, 0.3) is 0 Å². The summed E-state index contributed by atoms with van der Waals surface area (Å²) >= 11 is 0. The second kappa shape index (κ2) is 4.66. The first-order valence-corrected chi connectivity index (χ1v) is 5.92. The van der Waals surface area contributed by atoms with E-state index in [9.17, 15) is 13.6 Å². The molecule has 0 radical (unpaired) electrons. The van der Waals surface area contributed by atoms with Crippen molar-refractivity contribution < 1.29 is 18.3 Å². The lowest BCUT2D eigenvalue weighted by Crippen LogP contribution is -2.29. The van der Waals surface area contributed by atoms with Crippen LogP contribution in [0.5, 0.6) is 5.75 Å². The van der Waals surface area contributed by atoms with E-state index in [1.165, 1.54) is 18.0 Å². The van der Waals surface area contributed by atoms with Gasteiger partial charge < -0.3 is 4.74 Å². The number of carbonyl (C=O) groups excluding carboxylic acids is 1. The molecule has 100 valence electrons. The molecule has 0 unspecified atom stereocenters. The summed E-state index contributed by atoms with van der Waals surface area (Å²) in [5.74, 6) is -2.72. The third kappa shape index (κ3) is 2.37. The fraction of sp³-hybridized carbons (Fsp3) is 0.667. The number of carbonyl (C=O) groups is 1. The maximum Gasteiger partial charge on any atom is 0.248 e. The number of ether oxygens (including phenoxy) is 1. The molecule has 0 N–H and O–H groups in total. The Balaban J connectivity index is 2.15. The van der Waals surface area contributed by atoms with Crippen molar-refractivity contribution in [2.75, 3.05) is 7.11 Å². The summed E-state index contributed by atoms with van der Waals surface area (Å²) in [6.07, 6.45) is 1.47. The zero-order valence-electron chi connectivity index (χ0n) is 10.4. The maximum atomic E-state index is 13.1. The van der Waals surface area contributed by atoms with Gasteiger partial charge in [0.2, 0.25) is 5.92 Å². The van der Waals surface area contributed by atoms with Crippen molar-refractivity contribution in [2.45, 2.75) is 31.6 Å². The van der Waals surface area contributed by atoms with E-state index < -0.39 is 5.92 Å². The predicted octanol–water partition coefficient (Wildman–Crippen LogP) is 2.44. The van der Waals surface area contributed by atoms with Gasteiger partial charge in [-0.15, -0.1) is 0 Å². The molecule has 0 aliphatic heterocycles. The first-order valence-electron chi connectivity index (χ1n) is 5.92. The molecule has 1 aliphatic rings. The second-order valence-corrected chi connectivity index (χ2v) is 4.68. The molecule has 0 spiro atoms. The number of ketones is 1. The highest BCUT2D eigenvalue weighted by atomic mass is 19.3. The summed E-state index contributed by atoms with van der Waals surface area (Å²) in [4.78, 5) is 12.3. The van der Waals surface area contributed by atoms with Crippen LogP contribution in [0.3, 0.4) is 0 Å². The Morgan fingerprint density at radius 3 is 2.67 bits per heavy atom. The van der Waals surface area contributed by atoms with E-state index in [0.29, 0.717) is 11.4 Å². The second-order valence-electron chi connectivity index (χ2n) is 4.68. The van der Waals surface area contributed by atoms with E-state index in [-0.39, 0.29) is 37.4 Å². The van der Waals surface area contributed by atoms with Crippen LogP contribution in [-0.2, 0) is 7.05 Å². The predicted molar refractivity (Wildman–Crippen MR) is 61.0 cm³/mol. The Morgan fingerprint density at radius 1 is 1.50 bits per heavy atom. The summed E-state index contributed by atoms with van der Waals surface area (Å²) in [6.45, 7) is 0. The summed E-state index contributed by atoms with van der Waals surface area (Å²) in [6, 6.07) is 0. The number of aromatic nitrogens is 2. The lowest BCUT2D eigenvalue weighted by atomic mass is 9.83. The van der Waals surface area contributed by atoms with Gasteiger partial charge in [-0.1, -0.05) is 0 Å². The van der Waals surface area contributed by atoms with Crippen LogP contribution in [0.15, 0.2) is 6.20 Å². The largest absolute Gasteiger partial charge is 0.493 e. The zero-order chi connectivity index (χ0) is 13.3. The molecule has 1 aromatic rings. The SMILES string of the molecule is COc1cnn(C)c1C(=O)C1CCC(F)(F)CC1. The Hall–Kier alpha value is -1.46. The fourth-order valence-corrected chi connectivity index (χ4v) is 2.34. The van der Waals surface area contributed by atoms with E-state index in [0.717, 1.165) is 0 Å². The highest BCUT2D eigenvalue weighted by Gasteiger charge is 2.38. The average molecular weight is 258 g/mol. The molecule has 0 bridgehead atoms. The molecule has 4 nitrogen and oxygen atoms in total. The third-order valence-electron chi connectivity index (χ3n) is 3.45. The Bertz CT molecular complexity index is 447. The van der Waals surface area contributed by atoms with E-state index in [4.69, 9.17) is 4.74 Å².